The van der Waals surface area contributed by atoms with E-state index in [4.69, 9.17) is 27.6 Å². The lowest BCUT2D eigenvalue weighted by Gasteiger charge is -2.10. The Balaban J connectivity index is 2.39. The number of nitrogens with zero attached hydrogens (tertiary/aromatic N) is 2. The summed E-state index contributed by atoms with van der Waals surface area (Å²) in [5.74, 6) is 0.403. The van der Waals surface area contributed by atoms with Gasteiger partial charge in [0, 0.05) is 6.42 Å². The molecule has 0 radical (unpaired) electrons. The smallest absolute Gasteiger partial charge is 0.209 e. The Morgan fingerprint density at radius 2 is 2.33 bits per heavy atom. The molecule has 0 saturated carbocycles. The molecule has 0 spiro atoms. The molecule has 6 nitrogen and oxygen atoms in total. The van der Waals surface area contributed by atoms with Crippen molar-refractivity contribution < 1.29 is 9.78 Å². The summed E-state index contributed by atoms with van der Waals surface area (Å²) in [5, 5.41) is 13.5. The fraction of sp³-hybridized carbons (Fsp3) is 0.273. The predicted octanol–water partition coefficient (Wildman–Crippen LogP) is 1.58. The van der Waals surface area contributed by atoms with Gasteiger partial charge in [-0.2, -0.15) is 9.99 Å². The van der Waals surface area contributed by atoms with Crippen molar-refractivity contribution in [2.45, 2.75) is 6.42 Å². The van der Waals surface area contributed by atoms with Gasteiger partial charge in [0.05, 0.1) is 30.0 Å². The highest BCUT2D eigenvalue weighted by Crippen LogP contribution is 2.30. The van der Waals surface area contributed by atoms with Crippen molar-refractivity contribution in [1.29, 1.82) is 5.41 Å². The van der Waals surface area contributed by atoms with E-state index in [9.17, 15) is 0 Å². The molecular formula is C11H13ClN4O2. The Hall–Kier alpha value is -1.79. The summed E-state index contributed by atoms with van der Waals surface area (Å²) in [6.07, 6.45) is 0.642. The first-order chi connectivity index (χ1) is 8.63. The summed E-state index contributed by atoms with van der Waals surface area (Å²) in [4.78, 5) is 9.72. The van der Waals surface area contributed by atoms with Crippen molar-refractivity contribution in [2.75, 3.05) is 13.7 Å². The minimum atomic E-state index is -0.0914. The maximum atomic E-state index is 7.34. The van der Waals surface area contributed by atoms with Crippen LogP contribution in [0.4, 0.5) is 0 Å². The number of nitrogens with two attached hydrogens (primary N) is 1. The summed E-state index contributed by atoms with van der Waals surface area (Å²) in [7, 11) is 1.42. The molecule has 1 aliphatic heterocycles. The van der Waals surface area contributed by atoms with Crippen molar-refractivity contribution in [1.82, 2.24) is 5.01 Å². The molecule has 0 saturated heterocycles. The second-order valence-electron chi connectivity index (χ2n) is 3.67. The highest BCUT2D eigenvalue weighted by atomic mass is 35.5. The van der Waals surface area contributed by atoms with E-state index in [1.54, 1.807) is 18.2 Å². The van der Waals surface area contributed by atoms with Gasteiger partial charge in [0.15, 0.2) is 5.75 Å². The third-order valence-electron chi connectivity index (χ3n) is 2.52. The van der Waals surface area contributed by atoms with Crippen molar-refractivity contribution in [3.63, 3.8) is 0 Å². The Morgan fingerprint density at radius 3 is 2.94 bits per heavy atom. The first-order valence-electron chi connectivity index (χ1n) is 5.32. The summed E-state index contributed by atoms with van der Waals surface area (Å²) < 4.78 is 0. The molecule has 0 amide bonds. The van der Waals surface area contributed by atoms with Crippen molar-refractivity contribution in [2.24, 2.45) is 10.8 Å². The largest absolute Gasteiger partial charge is 0.369 e. The van der Waals surface area contributed by atoms with Gasteiger partial charge in [-0.05, 0) is 12.1 Å². The van der Waals surface area contributed by atoms with E-state index in [0.29, 0.717) is 29.3 Å². The molecule has 0 bridgehead atoms. The number of nitrogens with one attached hydrogen (secondary N) is 1. The first-order valence-corrected chi connectivity index (χ1v) is 5.70. The lowest BCUT2D eigenvalue weighted by molar-refractivity contribution is -0.178. The molecule has 2 rings (SSSR count). The summed E-state index contributed by atoms with van der Waals surface area (Å²) in [6.45, 7) is 0.558. The number of rotatable bonds is 3. The van der Waals surface area contributed by atoms with Crippen LogP contribution in [0.3, 0.4) is 0 Å². The van der Waals surface area contributed by atoms with Crippen LogP contribution in [0.15, 0.2) is 23.3 Å². The molecule has 0 fully saturated rings. The molecule has 18 heavy (non-hydrogen) atoms. The zero-order valence-corrected chi connectivity index (χ0v) is 10.6. The lowest BCUT2D eigenvalue weighted by Crippen LogP contribution is -2.29. The number of hydrogen-bond donors (Lipinski definition) is 2. The Morgan fingerprint density at radius 1 is 1.56 bits per heavy atom. The molecule has 0 atom stereocenters. The highest BCUT2D eigenvalue weighted by Gasteiger charge is 2.23. The standard InChI is InChI=1S/C11H13ClN4O2/c1-17-18-9-4-2-3-7(12)10(9)8-5-6-16(15-8)11(13)14/h2-4H,5-6H2,1H3,(H3,13,14). The Labute approximate surface area is 109 Å². The van der Waals surface area contributed by atoms with Crippen molar-refractivity contribution >= 4 is 23.3 Å². The maximum Gasteiger partial charge on any atom is 0.209 e. The van der Waals surface area contributed by atoms with E-state index in [1.165, 1.54) is 12.1 Å². The third-order valence-corrected chi connectivity index (χ3v) is 2.83. The summed E-state index contributed by atoms with van der Waals surface area (Å²) >= 11 is 6.15. The van der Waals surface area contributed by atoms with E-state index >= 15 is 0 Å². The van der Waals surface area contributed by atoms with E-state index in [1.807, 2.05) is 0 Å². The fourth-order valence-corrected chi connectivity index (χ4v) is 2.03. The zero-order valence-electron chi connectivity index (χ0n) is 9.81. The summed E-state index contributed by atoms with van der Waals surface area (Å²) in [5.41, 5.74) is 6.78. The Bertz CT molecular complexity index is 504. The van der Waals surface area contributed by atoms with Crippen LogP contribution in [0.25, 0.3) is 0 Å². The maximum absolute atomic E-state index is 7.34. The fourth-order valence-electron chi connectivity index (χ4n) is 1.75. The van der Waals surface area contributed by atoms with Crippen LogP contribution in [-0.4, -0.2) is 30.3 Å². The van der Waals surface area contributed by atoms with Gasteiger partial charge in [-0.15, -0.1) is 0 Å². The molecule has 0 aliphatic carbocycles. The van der Waals surface area contributed by atoms with Crippen LogP contribution in [0.5, 0.6) is 5.75 Å². The van der Waals surface area contributed by atoms with Gasteiger partial charge < -0.3 is 10.6 Å². The van der Waals surface area contributed by atoms with Gasteiger partial charge in [0.2, 0.25) is 5.96 Å². The molecule has 1 aromatic rings. The van der Waals surface area contributed by atoms with Crippen molar-refractivity contribution in [3.05, 3.63) is 28.8 Å². The van der Waals surface area contributed by atoms with Gasteiger partial charge in [0.1, 0.15) is 0 Å². The molecule has 0 unspecified atom stereocenters. The molecule has 3 N–H and O–H groups in total. The molecule has 1 aliphatic rings. The minimum Gasteiger partial charge on any atom is -0.369 e. The van der Waals surface area contributed by atoms with Crippen LogP contribution in [0, 0.1) is 5.41 Å². The quantitative estimate of drug-likeness (QED) is 0.377. The third kappa shape index (κ3) is 2.39. The lowest BCUT2D eigenvalue weighted by atomic mass is 10.1. The van der Waals surface area contributed by atoms with Crippen LogP contribution in [0.2, 0.25) is 5.02 Å². The molecule has 96 valence electrons. The normalized spacial score (nSPS) is 14.6. The van der Waals surface area contributed by atoms with E-state index in [2.05, 4.69) is 9.99 Å². The second kappa shape index (κ2) is 5.24. The molecule has 1 aromatic carbocycles. The average molecular weight is 269 g/mol. The number of hydrogen-bond acceptors (Lipinski definition) is 4. The molecular weight excluding hydrogens is 256 g/mol. The van der Waals surface area contributed by atoms with E-state index in [-0.39, 0.29) is 5.96 Å². The minimum absolute atomic E-state index is 0.0914. The van der Waals surface area contributed by atoms with Crippen LogP contribution in [-0.2, 0) is 4.89 Å². The van der Waals surface area contributed by atoms with E-state index in [0.717, 1.165) is 5.71 Å². The van der Waals surface area contributed by atoms with E-state index < -0.39 is 0 Å². The molecule has 7 heteroatoms. The number of hydrazone groups is 1. The highest BCUT2D eigenvalue weighted by molar-refractivity contribution is 6.34. The second-order valence-corrected chi connectivity index (χ2v) is 4.08. The molecule has 0 aromatic heterocycles. The van der Waals surface area contributed by atoms with Gasteiger partial charge in [-0.1, -0.05) is 17.7 Å². The number of benzene rings is 1. The molecule has 1 heterocycles. The Kier molecular flexibility index (Phi) is 3.69. The number of guanidine groups is 1. The van der Waals surface area contributed by atoms with Crippen LogP contribution in [0.1, 0.15) is 12.0 Å². The topological polar surface area (TPSA) is 83.9 Å². The predicted molar refractivity (Wildman–Crippen MR) is 68.9 cm³/mol. The zero-order chi connectivity index (χ0) is 13.1. The van der Waals surface area contributed by atoms with Gasteiger partial charge in [-0.25, -0.2) is 5.01 Å². The van der Waals surface area contributed by atoms with Crippen molar-refractivity contribution in [3.8, 4) is 5.75 Å². The van der Waals surface area contributed by atoms with Gasteiger partial charge >= 0.3 is 0 Å². The van der Waals surface area contributed by atoms with Crippen LogP contribution >= 0.6 is 11.6 Å². The monoisotopic (exact) mass is 268 g/mol. The number of halogens is 1. The van der Waals surface area contributed by atoms with Crippen LogP contribution < -0.4 is 10.6 Å². The van der Waals surface area contributed by atoms with Gasteiger partial charge in [0.25, 0.3) is 0 Å². The SMILES string of the molecule is COOc1cccc(Cl)c1C1=NN(C(=N)N)CC1. The van der Waals surface area contributed by atoms with Gasteiger partial charge in [-0.3, -0.25) is 5.41 Å². The first kappa shape index (κ1) is 12.7. The average Bonchev–Trinajstić information content (AvgIpc) is 2.79. The summed E-state index contributed by atoms with van der Waals surface area (Å²) in [6, 6.07) is 5.25.